The van der Waals surface area contributed by atoms with Gasteiger partial charge in [0.05, 0.1) is 0 Å². The SMILES string of the molecule is CCCC1NC(=O)C(C(C)C)N(C2CCCCCC2)C1=O. The van der Waals surface area contributed by atoms with Crippen molar-refractivity contribution in [2.24, 2.45) is 5.92 Å². The zero-order valence-electron chi connectivity index (χ0n) is 13.7. The highest BCUT2D eigenvalue weighted by molar-refractivity contribution is 5.97. The van der Waals surface area contributed by atoms with Gasteiger partial charge in [-0.25, -0.2) is 0 Å². The maximum absolute atomic E-state index is 12.9. The van der Waals surface area contributed by atoms with Gasteiger partial charge in [-0.3, -0.25) is 9.59 Å². The van der Waals surface area contributed by atoms with Crippen LogP contribution in [0.4, 0.5) is 0 Å². The number of carbonyl (C=O) groups is 2. The van der Waals surface area contributed by atoms with Gasteiger partial charge < -0.3 is 10.2 Å². The Kier molecular flexibility index (Phi) is 5.65. The molecule has 0 aromatic rings. The number of amides is 2. The van der Waals surface area contributed by atoms with E-state index in [1.165, 1.54) is 25.7 Å². The Balaban J connectivity index is 2.24. The van der Waals surface area contributed by atoms with Gasteiger partial charge in [0.25, 0.3) is 0 Å². The second-order valence-corrected chi connectivity index (χ2v) is 6.93. The molecule has 4 heteroatoms. The highest BCUT2D eigenvalue weighted by Gasteiger charge is 2.44. The number of nitrogens with one attached hydrogen (secondary N) is 1. The molecule has 0 bridgehead atoms. The molecule has 2 atom stereocenters. The Labute approximate surface area is 128 Å². The minimum absolute atomic E-state index is 0.0484. The molecule has 4 nitrogen and oxygen atoms in total. The maximum atomic E-state index is 12.9. The lowest BCUT2D eigenvalue weighted by Crippen LogP contribution is -2.67. The Morgan fingerprint density at radius 2 is 1.76 bits per heavy atom. The van der Waals surface area contributed by atoms with E-state index in [9.17, 15) is 9.59 Å². The van der Waals surface area contributed by atoms with Gasteiger partial charge in [-0.1, -0.05) is 52.9 Å². The van der Waals surface area contributed by atoms with Crippen LogP contribution >= 0.6 is 0 Å². The molecule has 2 rings (SSSR count). The molecule has 1 heterocycles. The number of hydrogen-bond donors (Lipinski definition) is 1. The molecule has 21 heavy (non-hydrogen) atoms. The zero-order valence-corrected chi connectivity index (χ0v) is 13.7. The summed E-state index contributed by atoms with van der Waals surface area (Å²) in [6, 6.07) is -0.327. The summed E-state index contributed by atoms with van der Waals surface area (Å²) >= 11 is 0. The quantitative estimate of drug-likeness (QED) is 0.811. The molecule has 0 radical (unpaired) electrons. The van der Waals surface area contributed by atoms with Gasteiger partial charge in [0.15, 0.2) is 0 Å². The predicted octanol–water partition coefficient (Wildman–Crippen LogP) is 2.86. The van der Waals surface area contributed by atoms with Gasteiger partial charge in [-0.15, -0.1) is 0 Å². The van der Waals surface area contributed by atoms with E-state index in [-0.39, 0.29) is 35.9 Å². The molecule has 2 unspecified atom stereocenters. The minimum atomic E-state index is -0.305. The van der Waals surface area contributed by atoms with Crippen molar-refractivity contribution < 1.29 is 9.59 Å². The first-order valence-corrected chi connectivity index (χ1v) is 8.68. The molecule has 1 aliphatic carbocycles. The third-order valence-corrected chi connectivity index (χ3v) is 4.86. The second-order valence-electron chi connectivity index (χ2n) is 6.93. The number of carbonyl (C=O) groups excluding carboxylic acids is 2. The van der Waals surface area contributed by atoms with Crippen molar-refractivity contribution in [1.29, 1.82) is 0 Å². The first-order chi connectivity index (χ1) is 10.1. The van der Waals surface area contributed by atoms with Gasteiger partial charge in [0.1, 0.15) is 12.1 Å². The van der Waals surface area contributed by atoms with Gasteiger partial charge >= 0.3 is 0 Å². The van der Waals surface area contributed by atoms with Crippen LogP contribution in [0.2, 0.25) is 0 Å². The smallest absolute Gasteiger partial charge is 0.246 e. The fraction of sp³-hybridized carbons (Fsp3) is 0.882. The topological polar surface area (TPSA) is 49.4 Å². The number of rotatable bonds is 4. The van der Waals surface area contributed by atoms with Crippen LogP contribution in [0, 0.1) is 5.92 Å². The van der Waals surface area contributed by atoms with E-state index in [0.29, 0.717) is 0 Å². The molecule has 2 amide bonds. The highest BCUT2D eigenvalue weighted by atomic mass is 16.2. The average Bonchev–Trinajstić information content (AvgIpc) is 2.70. The van der Waals surface area contributed by atoms with Crippen molar-refractivity contribution >= 4 is 11.8 Å². The van der Waals surface area contributed by atoms with E-state index in [0.717, 1.165) is 25.7 Å². The van der Waals surface area contributed by atoms with Crippen molar-refractivity contribution in [3.05, 3.63) is 0 Å². The van der Waals surface area contributed by atoms with Gasteiger partial charge in [-0.05, 0) is 25.2 Å². The summed E-state index contributed by atoms with van der Waals surface area (Å²) in [5.74, 6) is 0.370. The van der Waals surface area contributed by atoms with Gasteiger partial charge in [-0.2, -0.15) is 0 Å². The molecule has 2 fully saturated rings. The predicted molar refractivity (Wildman–Crippen MR) is 83.8 cm³/mol. The van der Waals surface area contributed by atoms with E-state index >= 15 is 0 Å². The first kappa shape index (κ1) is 16.3. The lowest BCUT2D eigenvalue weighted by molar-refractivity contribution is -0.154. The summed E-state index contributed by atoms with van der Waals surface area (Å²) in [5, 5.41) is 2.95. The number of piperazine rings is 1. The Bertz CT molecular complexity index is 373. The fourth-order valence-electron chi connectivity index (χ4n) is 3.81. The van der Waals surface area contributed by atoms with Crippen LogP contribution in [0.5, 0.6) is 0 Å². The van der Waals surface area contributed by atoms with Gasteiger partial charge in [0, 0.05) is 6.04 Å². The average molecular weight is 294 g/mol. The third kappa shape index (κ3) is 3.58. The highest BCUT2D eigenvalue weighted by Crippen LogP contribution is 2.29. The van der Waals surface area contributed by atoms with Crippen LogP contribution in [0.3, 0.4) is 0 Å². The van der Waals surface area contributed by atoms with E-state index in [1.807, 2.05) is 18.7 Å². The van der Waals surface area contributed by atoms with Crippen molar-refractivity contribution in [1.82, 2.24) is 10.2 Å². The van der Waals surface area contributed by atoms with Crippen LogP contribution in [-0.2, 0) is 9.59 Å². The van der Waals surface area contributed by atoms with Crippen molar-refractivity contribution in [2.75, 3.05) is 0 Å². The molecule has 1 N–H and O–H groups in total. The maximum Gasteiger partial charge on any atom is 0.246 e. The van der Waals surface area contributed by atoms with Crippen LogP contribution in [0.25, 0.3) is 0 Å². The van der Waals surface area contributed by atoms with Crippen molar-refractivity contribution in [3.8, 4) is 0 Å². The monoisotopic (exact) mass is 294 g/mol. The number of nitrogens with zero attached hydrogens (tertiary/aromatic N) is 1. The molecule has 120 valence electrons. The summed E-state index contributed by atoms with van der Waals surface area (Å²) in [4.78, 5) is 27.4. The molecular weight excluding hydrogens is 264 g/mol. The van der Waals surface area contributed by atoms with Crippen molar-refractivity contribution in [2.45, 2.75) is 90.3 Å². The summed E-state index contributed by atoms with van der Waals surface area (Å²) in [6.07, 6.45) is 8.66. The molecule has 1 saturated heterocycles. The van der Waals surface area contributed by atoms with Crippen molar-refractivity contribution in [3.63, 3.8) is 0 Å². The lowest BCUT2D eigenvalue weighted by Gasteiger charge is -2.45. The minimum Gasteiger partial charge on any atom is -0.342 e. The molecule has 1 saturated carbocycles. The van der Waals surface area contributed by atoms with E-state index in [4.69, 9.17) is 0 Å². The summed E-state index contributed by atoms with van der Waals surface area (Å²) < 4.78 is 0. The summed E-state index contributed by atoms with van der Waals surface area (Å²) in [6.45, 7) is 6.15. The van der Waals surface area contributed by atoms with Gasteiger partial charge in [0.2, 0.25) is 11.8 Å². The van der Waals surface area contributed by atoms with Crippen LogP contribution < -0.4 is 5.32 Å². The summed E-state index contributed by atoms with van der Waals surface area (Å²) in [7, 11) is 0. The van der Waals surface area contributed by atoms with E-state index in [1.54, 1.807) is 0 Å². The Morgan fingerprint density at radius 3 is 2.29 bits per heavy atom. The Morgan fingerprint density at radius 1 is 1.14 bits per heavy atom. The Hall–Kier alpha value is -1.06. The second kappa shape index (κ2) is 7.28. The standard InChI is InChI=1S/C17H30N2O2/c1-4-9-14-17(21)19(13-10-7-5-6-8-11-13)15(12(2)3)16(20)18-14/h12-15H,4-11H2,1-3H3,(H,18,20). The first-order valence-electron chi connectivity index (χ1n) is 8.68. The molecule has 1 aliphatic heterocycles. The van der Waals surface area contributed by atoms with Crippen LogP contribution in [0.15, 0.2) is 0 Å². The molecule has 0 spiro atoms. The van der Waals surface area contributed by atoms with Crippen LogP contribution in [-0.4, -0.2) is 34.8 Å². The fourth-order valence-corrected chi connectivity index (χ4v) is 3.81. The summed E-state index contributed by atoms with van der Waals surface area (Å²) in [5.41, 5.74) is 0. The normalized spacial score (nSPS) is 28.7. The molecule has 0 aromatic heterocycles. The zero-order chi connectivity index (χ0) is 15.4. The van der Waals surface area contributed by atoms with E-state index in [2.05, 4.69) is 12.2 Å². The lowest BCUT2D eigenvalue weighted by atomic mass is 9.92. The third-order valence-electron chi connectivity index (χ3n) is 4.86. The largest absolute Gasteiger partial charge is 0.342 e. The van der Waals surface area contributed by atoms with Crippen LogP contribution in [0.1, 0.15) is 72.1 Å². The molecular formula is C17H30N2O2. The molecule has 2 aliphatic rings. The van der Waals surface area contributed by atoms with E-state index < -0.39 is 0 Å². The number of hydrogen-bond acceptors (Lipinski definition) is 2. The molecule has 0 aromatic carbocycles.